The Kier molecular flexibility index (Phi) is 19.8. The molecule has 1 radical (unpaired) electrons. The van der Waals surface area contributed by atoms with E-state index < -0.39 is 0 Å². The van der Waals surface area contributed by atoms with E-state index in [1.165, 1.54) is 16.7 Å². The molecule has 3 aliphatic heterocycles. The van der Waals surface area contributed by atoms with Crippen LogP contribution in [0.5, 0.6) is 0 Å². The first kappa shape index (κ1) is 69.3. The smallest absolute Gasteiger partial charge is 0.451 e. The Balaban J connectivity index is 0.000000184. The van der Waals surface area contributed by atoms with Crippen LogP contribution >= 0.6 is 0 Å². The number of para-hydroxylation sites is 3. The maximum absolute atomic E-state index is 5.10. The molecular weight excluding hydrogens is 1340 g/mol. The zero-order valence-electron chi connectivity index (χ0n) is 57.0. The summed E-state index contributed by atoms with van der Waals surface area (Å²) in [5.74, 6) is 3.08. The number of aromatic nitrogens is 2. The first-order valence-corrected chi connectivity index (χ1v) is 34.5. The Bertz CT molecular complexity index is 5670. The standard InChI is InChI=1S/C57H50N4.C33H20N8.2CH4.Cu/c1-43-16-13-25-55(40-43)59(46-19-7-4-8-20-46)52-34-28-49(29-35-52)58(50-30-36-53(37-31-50)60(47-21-9-5-10-22-47)56-26-14-17-44(2)41-56)51-32-38-54(39-33-51)61(48-23-11-6-12-24-48)57-27-15-18-45(3)42-57;1-41-32-24-16-8-9-17-25(24)33(41)40-31-23-15-7-5-13-21(23)29(38-31)36-27-19-11-3-2-10-18(19)26(34-27)35-28-20-12-4-6-14-22(20)30(37-28)39-32;;;/h4-32,34-42,51H,33H2,1-3H3;2-17,28,35H,1H2;2*1H4;/q;-2;;;+2. The number of allylic oxidation sites excluding steroid dienone is 1. The third-order valence-corrected chi connectivity index (χ3v) is 19.1. The second kappa shape index (κ2) is 30.0. The maximum atomic E-state index is 5.10. The molecule has 0 spiro atoms. The van der Waals surface area contributed by atoms with Crippen LogP contribution in [-0.4, -0.2) is 28.1 Å². The summed E-state index contributed by atoms with van der Waals surface area (Å²) in [5.41, 5.74) is 21.2. The molecule has 0 fully saturated rings. The molecule has 13 heteroatoms. The van der Waals surface area contributed by atoms with Crippen molar-refractivity contribution in [3.05, 3.63) is 390 Å². The van der Waals surface area contributed by atoms with Gasteiger partial charge in [0, 0.05) is 102 Å². The minimum absolute atomic E-state index is 0. The van der Waals surface area contributed by atoms with Gasteiger partial charge in [-0.15, -0.1) is 7.05 Å². The summed E-state index contributed by atoms with van der Waals surface area (Å²) in [6, 6.07) is 109. The van der Waals surface area contributed by atoms with Gasteiger partial charge in [-0.3, -0.25) is 15.0 Å². The molecule has 517 valence electrons. The maximum Gasteiger partial charge on any atom is 2.00 e. The second-order valence-corrected chi connectivity index (χ2v) is 25.9. The molecule has 12 nitrogen and oxygen atoms in total. The number of aryl methyl sites for hydroxylation is 3. The van der Waals surface area contributed by atoms with Crippen molar-refractivity contribution in [2.75, 3.05) is 24.9 Å². The number of hydrogen-bond acceptors (Lipinski definition) is 10. The minimum atomic E-state index is -0.364. The van der Waals surface area contributed by atoms with Gasteiger partial charge < -0.3 is 39.5 Å². The molecule has 2 aromatic heterocycles. The monoisotopic (exact) mass is 1410 g/mol. The summed E-state index contributed by atoms with van der Waals surface area (Å²) in [6.07, 6.45) is 7.51. The van der Waals surface area contributed by atoms with Crippen LogP contribution in [-0.2, 0) is 17.1 Å². The molecule has 18 rings (SSSR count). The quantitative estimate of drug-likeness (QED) is 0.0965. The van der Waals surface area contributed by atoms with Gasteiger partial charge in [-0.2, -0.15) is 0 Å². The minimum Gasteiger partial charge on any atom is -0.451 e. The van der Waals surface area contributed by atoms with Crippen molar-refractivity contribution in [1.29, 1.82) is 0 Å². The van der Waals surface area contributed by atoms with Crippen LogP contribution in [0.3, 0.4) is 0 Å². The molecule has 0 saturated carbocycles. The Morgan fingerprint density at radius 1 is 0.390 bits per heavy atom. The van der Waals surface area contributed by atoms with Gasteiger partial charge in [0.05, 0.1) is 11.9 Å². The summed E-state index contributed by atoms with van der Waals surface area (Å²) in [6.45, 7) is 6.45. The van der Waals surface area contributed by atoms with Crippen molar-refractivity contribution in [3.8, 4) is 0 Å². The summed E-state index contributed by atoms with van der Waals surface area (Å²) in [5, 5.41) is 7.36. The van der Waals surface area contributed by atoms with Gasteiger partial charge in [-0.25, -0.2) is 4.99 Å². The number of amidine groups is 3. The van der Waals surface area contributed by atoms with Crippen LogP contribution in [0.15, 0.2) is 358 Å². The van der Waals surface area contributed by atoms with Crippen LogP contribution in [0.25, 0.3) is 21.5 Å². The third kappa shape index (κ3) is 13.6. The van der Waals surface area contributed by atoms with Crippen LogP contribution < -0.4 is 40.9 Å². The fourth-order valence-electron chi connectivity index (χ4n) is 14.3. The number of fused-ring (bicyclic) bond motifs is 18. The van der Waals surface area contributed by atoms with Crippen molar-refractivity contribution < 1.29 is 17.1 Å². The van der Waals surface area contributed by atoms with E-state index in [9.17, 15) is 0 Å². The SMILES string of the molecule is C.C.Cc1cccc(N(C2=CCC(N(c3ccc(N(c4ccccc4)c4cccc(C)c4)cc3)c3ccc(N(c4ccccc4)c4cccc(C)c4)cc3)C=C2)c2ccccc2)c1.[CH2-]n1c2c3ccccc3c1=NC1=NC(Nc3[n-]c(c4ccccc34)N=C3N=C(N=2)c2ccccc23)c2ccccc21.[Cu+2]. The van der Waals surface area contributed by atoms with Gasteiger partial charge in [-0.05, 0) is 198 Å². The molecule has 8 bridgehead atoms. The first-order chi connectivity index (χ1) is 50.2. The molecular formula is C92H78CuN12. The van der Waals surface area contributed by atoms with E-state index in [0.717, 1.165) is 113 Å². The molecule has 1 aliphatic carbocycles. The molecule has 2 unspecified atom stereocenters. The molecule has 105 heavy (non-hydrogen) atoms. The van der Waals surface area contributed by atoms with E-state index in [-0.39, 0.29) is 44.1 Å². The van der Waals surface area contributed by atoms with Crippen molar-refractivity contribution in [1.82, 2.24) is 9.55 Å². The van der Waals surface area contributed by atoms with E-state index >= 15 is 0 Å². The fraction of sp³-hybridized carbons (Fsp3) is 0.0870. The average molecular weight is 1420 g/mol. The van der Waals surface area contributed by atoms with Crippen molar-refractivity contribution in [2.24, 2.45) is 25.0 Å². The zero-order chi connectivity index (χ0) is 68.6. The molecule has 14 aromatic rings. The van der Waals surface area contributed by atoms with Crippen molar-refractivity contribution in [2.45, 2.75) is 54.3 Å². The van der Waals surface area contributed by atoms with Gasteiger partial charge in [0.25, 0.3) is 0 Å². The van der Waals surface area contributed by atoms with E-state index in [0.29, 0.717) is 40.1 Å². The van der Waals surface area contributed by atoms with Crippen LogP contribution in [0.4, 0.5) is 68.5 Å². The number of anilines is 11. The first-order valence-electron chi connectivity index (χ1n) is 34.5. The predicted octanol–water partition coefficient (Wildman–Crippen LogP) is 22.1. The summed E-state index contributed by atoms with van der Waals surface area (Å²) < 4.78 is 1.78. The van der Waals surface area contributed by atoms with E-state index in [1.807, 2.05) is 84.9 Å². The van der Waals surface area contributed by atoms with E-state index in [4.69, 9.17) is 29.9 Å². The largest absolute Gasteiger partial charge is 2.00 e. The molecule has 1 N–H and O–H groups in total. The van der Waals surface area contributed by atoms with Gasteiger partial charge in [0.1, 0.15) is 17.8 Å². The van der Waals surface area contributed by atoms with Crippen LogP contribution in [0.1, 0.15) is 66.4 Å². The number of nitrogens with zero attached hydrogens (tertiary/aromatic N) is 11. The average Bonchev–Trinajstić information content (AvgIpc) is 1.61. The number of hydrogen-bond donors (Lipinski definition) is 1. The number of nitrogens with one attached hydrogen (secondary N) is 1. The fourth-order valence-corrected chi connectivity index (χ4v) is 14.3. The predicted molar refractivity (Wildman–Crippen MR) is 434 cm³/mol. The molecule has 0 saturated heterocycles. The van der Waals surface area contributed by atoms with Gasteiger partial charge in [0.15, 0.2) is 0 Å². The summed E-state index contributed by atoms with van der Waals surface area (Å²) in [4.78, 5) is 39.6. The summed E-state index contributed by atoms with van der Waals surface area (Å²) in [7, 11) is 4.37. The Hall–Kier alpha value is -12.8. The van der Waals surface area contributed by atoms with Gasteiger partial charge >= 0.3 is 17.1 Å². The van der Waals surface area contributed by atoms with Crippen molar-refractivity contribution >= 4 is 108 Å². The van der Waals surface area contributed by atoms with Gasteiger partial charge in [0.2, 0.25) is 0 Å². The normalized spacial score (nSPS) is 14.2. The van der Waals surface area contributed by atoms with E-state index in [2.05, 4.69) is 295 Å². The molecule has 4 aliphatic rings. The molecule has 0 amide bonds. The number of aliphatic imine (C=N–C) groups is 3. The Morgan fingerprint density at radius 3 is 1.29 bits per heavy atom. The second-order valence-electron chi connectivity index (χ2n) is 25.9. The molecule has 2 atom stereocenters. The molecule has 12 aromatic carbocycles. The topological polar surface area (TPSA) is 106 Å². The number of benzene rings is 12. The van der Waals surface area contributed by atoms with Crippen LogP contribution in [0, 0.1) is 27.8 Å². The molecule has 5 heterocycles. The van der Waals surface area contributed by atoms with Crippen molar-refractivity contribution in [3.63, 3.8) is 0 Å². The number of rotatable bonds is 12. The van der Waals surface area contributed by atoms with E-state index in [1.54, 1.807) is 4.57 Å². The zero-order valence-corrected chi connectivity index (χ0v) is 57.9. The van der Waals surface area contributed by atoms with Crippen LogP contribution in [0.2, 0.25) is 0 Å². The Labute approximate surface area is 624 Å². The Morgan fingerprint density at radius 2 is 0.790 bits per heavy atom. The third-order valence-electron chi connectivity index (χ3n) is 19.1. The van der Waals surface area contributed by atoms with Gasteiger partial charge in [-0.1, -0.05) is 215 Å². The summed E-state index contributed by atoms with van der Waals surface area (Å²) >= 11 is 0.